The minimum Gasteiger partial charge on any atom is -0.209 e. The zero-order valence-corrected chi connectivity index (χ0v) is 14.3. The van der Waals surface area contributed by atoms with Crippen molar-refractivity contribution in [2.45, 2.75) is 20.4 Å². The van der Waals surface area contributed by atoms with E-state index in [4.69, 9.17) is 69.6 Å². The molecule has 9 heteroatoms. The summed E-state index contributed by atoms with van der Waals surface area (Å²) in [5.41, 5.74) is 0.768. The summed E-state index contributed by atoms with van der Waals surface area (Å²) in [7, 11) is 0. The van der Waals surface area contributed by atoms with Gasteiger partial charge >= 0.3 is 0 Å². The highest BCUT2D eigenvalue weighted by atomic mass is 35.6. The maximum atomic E-state index is 5.80. The maximum Gasteiger partial charge on any atom is 0.250 e. The van der Waals surface area contributed by atoms with Crippen molar-refractivity contribution < 1.29 is 0 Å². The van der Waals surface area contributed by atoms with Gasteiger partial charge in [0.15, 0.2) is 17.5 Å². The van der Waals surface area contributed by atoms with E-state index < -0.39 is 7.59 Å². The smallest absolute Gasteiger partial charge is 0.209 e. The lowest BCUT2D eigenvalue weighted by Crippen LogP contribution is -2.17. The van der Waals surface area contributed by atoms with E-state index in [1.54, 1.807) is 0 Å². The van der Waals surface area contributed by atoms with E-state index in [0.717, 1.165) is 18.4 Å². The molecule has 0 radical (unpaired) electrons. The lowest BCUT2D eigenvalue weighted by Gasteiger charge is -2.16. The van der Waals surface area contributed by atoms with Gasteiger partial charge in [0.2, 0.25) is 7.59 Å². The van der Waals surface area contributed by atoms with Crippen LogP contribution in [0, 0.1) is 0 Å². The monoisotopic (exact) mass is 391 g/mol. The maximum absolute atomic E-state index is 5.80. The summed E-state index contributed by atoms with van der Waals surface area (Å²) in [5, 5.41) is 0. The number of rotatable bonds is 1. The molecule has 3 nitrogen and oxygen atoms in total. The van der Waals surface area contributed by atoms with Crippen molar-refractivity contribution in [3.05, 3.63) is 35.7 Å². The van der Waals surface area contributed by atoms with Crippen molar-refractivity contribution in [1.82, 2.24) is 15.0 Å². The van der Waals surface area contributed by atoms with Gasteiger partial charge in [-0.2, -0.15) is 0 Å². The molecule has 0 unspecified atom stereocenters. The highest BCUT2D eigenvalue weighted by molar-refractivity contribution is 6.67. The second-order valence-corrected chi connectivity index (χ2v) is 8.50. The Morgan fingerprint density at radius 1 is 0.800 bits per heavy atom. The second kappa shape index (κ2) is 6.15. The summed E-state index contributed by atoms with van der Waals surface area (Å²) < 4.78 is -3.66. The molecule has 108 valence electrons. The van der Waals surface area contributed by atoms with Gasteiger partial charge in [0, 0.05) is 5.57 Å². The van der Waals surface area contributed by atoms with Crippen LogP contribution >= 0.6 is 69.6 Å². The van der Waals surface area contributed by atoms with Crippen LogP contribution in [-0.2, 0) is 7.59 Å². The Labute approximate surface area is 145 Å². The van der Waals surface area contributed by atoms with Crippen LogP contribution in [0.2, 0.25) is 0 Å². The number of halogens is 6. The first-order valence-corrected chi connectivity index (χ1v) is 7.72. The van der Waals surface area contributed by atoms with Gasteiger partial charge in [-0.1, -0.05) is 87.8 Å². The molecule has 0 bridgehead atoms. The van der Waals surface area contributed by atoms with E-state index in [1.165, 1.54) is 0 Å². The molecule has 0 saturated heterocycles. The van der Waals surface area contributed by atoms with Gasteiger partial charge in [-0.15, -0.1) is 0 Å². The molecule has 0 saturated carbocycles. The van der Waals surface area contributed by atoms with Crippen LogP contribution in [0.5, 0.6) is 0 Å². The van der Waals surface area contributed by atoms with Crippen molar-refractivity contribution in [1.29, 1.82) is 0 Å². The summed E-state index contributed by atoms with van der Waals surface area (Å²) in [6.07, 6.45) is 7.62. The number of hydrogen-bond acceptors (Lipinski definition) is 3. The summed E-state index contributed by atoms with van der Waals surface area (Å²) in [6, 6.07) is 0. The lowest BCUT2D eigenvalue weighted by molar-refractivity contribution is 0.830. The molecule has 0 aromatic carbocycles. The van der Waals surface area contributed by atoms with E-state index in [-0.39, 0.29) is 11.6 Å². The van der Waals surface area contributed by atoms with Gasteiger partial charge in [0.05, 0.1) is 0 Å². The first kappa shape index (κ1) is 16.6. The van der Waals surface area contributed by atoms with Gasteiger partial charge < -0.3 is 0 Å². The molecule has 0 fully saturated rings. The number of nitrogens with zero attached hydrogens (tertiary/aromatic N) is 3. The van der Waals surface area contributed by atoms with Crippen LogP contribution < -0.4 is 0 Å². The molecule has 0 amide bonds. The van der Waals surface area contributed by atoms with Crippen LogP contribution in [0.15, 0.2) is 18.2 Å². The third kappa shape index (κ3) is 4.12. The molecular formula is C11H7Cl6N3. The zero-order valence-electron chi connectivity index (χ0n) is 9.76. The first-order chi connectivity index (χ1) is 9.18. The molecular weight excluding hydrogens is 387 g/mol. The Bertz CT molecular complexity index is 538. The van der Waals surface area contributed by atoms with Crippen molar-refractivity contribution >= 4 is 75.2 Å². The second-order valence-electron chi connectivity index (χ2n) is 3.94. The van der Waals surface area contributed by atoms with Crippen LogP contribution in [0.3, 0.4) is 0 Å². The topological polar surface area (TPSA) is 38.7 Å². The van der Waals surface area contributed by atoms with Gasteiger partial charge in [-0.3, -0.25) is 0 Å². The van der Waals surface area contributed by atoms with Crippen molar-refractivity contribution in [2.75, 3.05) is 0 Å². The van der Waals surface area contributed by atoms with E-state index >= 15 is 0 Å². The van der Waals surface area contributed by atoms with Gasteiger partial charge in [0.1, 0.15) is 0 Å². The highest BCUT2D eigenvalue weighted by Crippen LogP contribution is 2.40. The molecule has 1 aromatic heterocycles. The van der Waals surface area contributed by atoms with Crippen LogP contribution in [0.25, 0.3) is 5.57 Å². The average Bonchev–Trinajstić information content (AvgIpc) is 2.37. The first-order valence-electron chi connectivity index (χ1n) is 5.45. The quantitative estimate of drug-likeness (QED) is 0.611. The fourth-order valence-electron chi connectivity index (χ4n) is 1.54. The SMILES string of the molecule is ClC(Cl)(Cl)c1nc(C2=CCCC=C2)nc(C(Cl)(Cl)Cl)n1. The summed E-state index contributed by atoms with van der Waals surface area (Å²) >= 11 is 34.8. The Hall–Kier alpha value is 0.230. The normalized spacial score (nSPS) is 16.2. The number of allylic oxidation sites excluding steroid dienone is 4. The van der Waals surface area contributed by atoms with Crippen LogP contribution in [0.4, 0.5) is 0 Å². The zero-order chi connectivity index (χ0) is 15.0. The summed E-state index contributed by atoms with van der Waals surface area (Å²) in [4.78, 5) is 12.2. The van der Waals surface area contributed by atoms with Gasteiger partial charge in [-0.25, -0.2) is 15.0 Å². The molecule has 0 N–H and O–H groups in total. The summed E-state index contributed by atoms with van der Waals surface area (Å²) in [5.74, 6) is 0.126. The minimum atomic E-state index is -1.83. The minimum absolute atomic E-state index is 0.0892. The number of aromatic nitrogens is 3. The molecule has 0 atom stereocenters. The van der Waals surface area contributed by atoms with Crippen molar-refractivity contribution in [3.63, 3.8) is 0 Å². The molecule has 0 spiro atoms. The van der Waals surface area contributed by atoms with Gasteiger partial charge in [-0.05, 0) is 12.8 Å². The van der Waals surface area contributed by atoms with E-state index in [9.17, 15) is 0 Å². The lowest BCUT2D eigenvalue weighted by atomic mass is 10.1. The number of hydrogen-bond donors (Lipinski definition) is 0. The highest BCUT2D eigenvalue weighted by Gasteiger charge is 2.34. The third-order valence-corrected chi connectivity index (χ3v) is 3.41. The molecule has 1 aliphatic carbocycles. The molecule has 1 aliphatic rings. The van der Waals surface area contributed by atoms with Gasteiger partial charge in [0.25, 0.3) is 0 Å². The third-order valence-electron chi connectivity index (χ3n) is 2.40. The van der Waals surface area contributed by atoms with Crippen molar-refractivity contribution in [2.24, 2.45) is 0 Å². The van der Waals surface area contributed by atoms with E-state index in [2.05, 4.69) is 15.0 Å². The fourth-order valence-corrected chi connectivity index (χ4v) is 2.04. The Morgan fingerprint density at radius 3 is 1.75 bits per heavy atom. The molecule has 1 aromatic rings. The van der Waals surface area contributed by atoms with E-state index in [1.807, 2.05) is 18.2 Å². The standard InChI is InChI=1S/C11H7Cl6N3/c12-10(13,14)8-18-7(6-4-2-1-3-5-6)19-9(20-8)11(15,16)17/h2,4-5H,1,3H2. The molecule has 0 aliphatic heterocycles. The summed E-state index contributed by atoms with van der Waals surface area (Å²) in [6.45, 7) is 0. The Morgan fingerprint density at radius 2 is 1.35 bits per heavy atom. The average molecular weight is 394 g/mol. The van der Waals surface area contributed by atoms with Crippen LogP contribution in [-0.4, -0.2) is 15.0 Å². The van der Waals surface area contributed by atoms with Crippen LogP contribution in [0.1, 0.15) is 30.3 Å². The number of alkyl halides is 6. The Kier molecular flexibility index (Phi) is 5.11. The van der Waals surface area contributed by atoms with Crippen molar-refractivity contribution in [3.8, 4) is 0 Å². The predicted molar refractivity (Wildman–Crippen MR) is 84.7 cm³/mol. The van der Waals surface area contributed by atoms with E-state index in [0.29, 0.717) is 5.82 Å². The predicted octanol–water partition coefficient (Wildman–Crippen LogP) is 5.26. The molecule has 1 heterocycles. The molecule has 20 heavy (non-hydrogen) atoms. The fraction of sp³-hybridized carbons (Fsp3) is 0.364. The Balaban J connectivity index is 2.57. The molecule has 2 rings (SSSR count). The largest absolute Gasteiger partial charge is 0.250 e.